The van der Waals surface area contributed by atoms with Crippen LogP contribution in [-0.2, 0) is 6.42 Å². The summed E-state index contributed by atoms with van der Waals surface area (Å²) in [4.78, 5) is 22.3. The summed E-state index contributed by atoms with van der Waals surface area (Å²) in [7, 11) is 0. The zero-order valence-corrected chi connectivity index (χ0v) is 12.9. The zero-order valence-electron chi connectivity index (χ0n) is 12.9. The average molecular weight is 317 g/mol. The van der Waals surface area contributed by atoms with Crippen LogP contribution in [0.2, 0.25) is 0 Å². The maximum absolute atomic E-state index is 12.0. The van der Waals surface area contributed by atoms with E-state index in [1.165, 1.54) is 0 Å². The van der Waals surface area contributed by atoms with Gasteiger partial charge in [0.2, 0.25) is 5.95 Å². The molecule has 1 fully saturated rings. The van der Waals surface area contributed by atoms with Crippen LogP contribution < -0.4 is 10.2 Å². The predicted octanol–water partition coefficient (Wildman–Crippen LogP) is 0.398. The average Bonchev–Trinajstić information content (AvgIpc) is 3.21. The Kier molecular flexibility index (Phi) is 4.24. The van der Waals surface area contributed by atoms with E-state index in [0.29, 0.717) is 37.6 Å². The number of rotatable bonds is 5. The number of nitrogens with zero attached hydrogens (tertiary/aromatic N) is 4. The lowest BCUT2D eigenvalue weighted by atomic mass is 10.0. The second-order valence-corrected chi connectivity index (χ2v) is 5.66. The van der Waals surface area contributed by atoms with Gasteiger partial charge in [-0.15, -0.1) is 0 Å². The molecule has 1 aliphatic heterocycles. The highest BCUT2D eigenvalue weighted by Crippen LogP contribution is 2.23. The van der Waals surface area contributed by atoms with Crippen molar-refractivity contribution in [2.24, 2.45) is 0 Å². The Morgan fingerprint density at radius 3 is 2.96 bits per heavy atom. The third kappa shape index (κ3) is 3.48. The van der Waals surface area contributed by atoms with Crippen molar-refractivity contribution in [2.45, 2.75) is 25.4 Å². The molecular formula is C15H19N5O3. The van der Waals surface area contributed by atoms with E-state index in [9.17, 15) is 9.90 Å². The van der Waals surface area contributed by atoms with Crippen LogP contribution >= 0.6 is 0 Å². The number of aryl methyl sites for hydroxylation is 1. The third-order valence-corrected chi connectivity index (χ3v) is 3.89. The minimum Gasteiger partial charge on any atom is -0.386 e. The molecule has 0 bridgehead atoms. The molecule has 8 nitrogen and oxygen atoms in total. The van der Waals surface area contributed by atoms with Crippen LogP contribution in [0.25, 0.3) is 0 Å². The first-order valence-electron chi connectivity index (χ1n) is 7.58. The van der Waals surface area contributed by atoms with E-state index in [4.69, 9.17) is 4.52 Å². The van der Waals surface area contributed by atoms with E-state index in [2.05, 4.69) is 20.4 Å². The molecule has 0 aromatic carbocycles. The molecule has 1 amide bonds. The van der Waals surface area contributed by atoms with Crippen molar-refractivity contribution >= 4 is 11.9 Å². The second kappa shape index (κ2) is 6.33. The van der Waals surface area contributed by atoms with Crippen LogP contribution in [0.4, 0.5) is 5.95 Å². The van der Waals surface area contributed by atoms with Gasteiger partial charge in [-0.25, -0.2) is 9.97 Å². The smallest absolute Gasteiger partial charge is 0.273 e. The van der Waals surface area contributed by atoms with Gasteiger partial charge in [-0.1, -0.05) is 12.1 Å². The quantitative estimate of drug-likeness (QED) is 0.822. The number of carbonyl (C=O) groups is 1. The fourth-order valence-electron chi connectivity index (χ4n) is 2.55. The summed E-state index contributed by atoms with van der Waals surface area (Å²) in [5.74, 6) is 0.886. The summed E-state index contributed by atoms with van der Waals surface area (Å²) < 4.78 is 5.01. The molecule has 3 heterocycles. The molecule has 1 saturated heterocycles. The highest BCUT2D eigenvalue weighted by molar-refractivity contribution is 5.92. The van der Waals surface area contributed by atoms with Crippen LogP contribution in [0.5, 0.6) is 0 Å². The number of aliphatic hydroxyl groups is 1. The van der Waals surface area contributed by atoms with Gasteiger partial charge in [0.1, 0.15) is 11.4 Å². The SMILES string of the molecule is CCc1cc(C(=O)NCC2(O)CCN(c3ncccn3)C2)no1. The second-order valence-electron chi connectivity index (χ2n) is 5.66. The summed E-state index contributed by atoms with van der Waals surface area (Å²) >= 11 is 0. The van der Waals surface area contributed by atoms with E-state index in [0.717, 1.165) is 0 Å². The van der Waals surface area contributed by atoms with Crippen molar-refractivity contribution in [3.63, 3.8) is 0 Å². The lowest BCUT2D eigenvalue weighted by Gasteiger charge is -2.23. The highest BCUT2D eigenvalue weighted by atomic mass is 16.5. The standard InChI is InChI=1S/C15H19N5O3/c1-2-11-8-12(19-23-11)13(21)18-9-15(22)4-7-20(10-15)14-16-5-3-6-17-14/h3,5-6,8,22H,2,4,7,9-10H2,1H3,(H,18,21). The van der Waals surface area contributed by atoms with E-state index < -0.39 is 5.60 Å². The van der Waals surface area contributed by atoms with Gasteiger partial charge in [0.25, 0.3) is 5.91 Å². The number of nitrogens with one attached hydrogen (secondary N) is 1. The Bertz CT molecular complexity index is 675. The molecular weight excluding hydrogens is 298 g/mol. The maximum atomic E-state index is 12.0. The lowest BCUT2D eigenvalue weighted by Crippen LogP contribution is -2.45. The molecule has 2 aromatic rings. The minimum absolute atomic E-state index is 0.142. The molecule has 3 rings (SSSR count). The molecule has 2 N–H and O–H groups in total. The van der Waals surface area contributed by atoms with Crippen LogP contribution in [0.3, 0.4) is 0 Å². The number of anilines is 1. The van der Waals surface area contributed by atoms with Crippen molar-refractivity contribution in [3.8, 4) is 0 Å². The normalized spacial score (nSPS) is 20.7. The van der Waals surface area contributed by atoms with Gasteiger partial charge in [0, 0.05) is 38.0 Å². The van der Waals surface area contributed by atoms with Gasteiger partial charge >= 0.3 is 0 Å². The highest BCUT2D eigenvalue weighted by Gasteiger charge is 2.37. The molecule has 0 saturated carbocycles. The van der Waals surface area contributed by atoms with Crippen LogP contribution in [0, 0.1) is 0 Å². The fraction of sp³-hybridized carbons (Fsp3) is 0.467. The van der Waals surface area contributed by atoms with E-state index in [-0.39, 0.29) is 18.1 Å². The first-order valence-corrected chi connectivity index (χ1v) is 7.58. The zero-order chi connectivity index (χ0) is 16.3. The Balaban J connectivity index is 1.56. The summed E-state index contributed by atoms with van der Waals surface area (Å²) in [5, 5.41) is 17.0. The first-order chi connectivity index (χ1) is 11.1. The number of hydrogen-bond donors (Lipinski definition) is 2. The maximum Gasteiger partial charge on any atom is 0.273 e. The molecule has 1 atom stereocenters. The van der Waals surface area contributed by atoms with Crippen LogP contribution in [0.15, 0.2) is 29.0 Å². The summed E-state index contributed by atoms with van der Waals surface area (Å²) in [6, 6.07) is 3.35. The van der Waals surface area contributed by atoms with E-state index >= 15 is 0 Å². The number of amides is 1. The molecule has 0 spiro atoms. The number of aromatic nitrogens is 3. The lowest BCUT2D eigenvalue weighted by molar-refractivity contribution is 0.0572. The van der Waals surface area contributed by atoms with Gasteiger partial charge < -0.3 is 19.8 Å². The number of β-amino-alcohol motifs (C(OH)–C–C–N with tert-alkyl or cyclic N) is 1. The Morgan fingerprint density at radius 2 is 2.26 bits per heavy atom. The van der Waals surface area contributed by atoms with Gasteiger partial charge in [-0.2, -0.15) is 0 Å². The first kappa shape index (κ1) is 15.4. The predicted molar refractivity (Wildman–Crippen MR) is 82.0 cm³/mol. The Morgan fingerprint density at radius 1 is 1.48 bits per heavy atom. The van der Waals surface area contributed by atoms with Crippen molar-refractivity contribution in [1.82, 2.24) is 20.4 Å². The largest absolute Gasteiger partial charge is 0.386 e. The van der Waals surface area contributed by atoms with Crippen molar-refractivity contribution < 1.29 is 14.4 Å². The molecule has 8 heteroatoms. The summed E-state index contributed by atoms with van der Waals surface area (Å²) in [6.07, 6.45) is 4.54. The third-order valence-electron chi connectivity index (χ3n) is 3.89. The molecule has 2 aromatic heterocycles. The molecule has 0 aliphatic carbocycles. The van der Waals surface area contributed by atoms with Crippen LogP contribution in [0.1, 0.15) is 29.6 Å². The fourth-order valence-corrected chi connectivity index (χ4v) is 2.55. The van der Waals surface area contributed by atoms with Gasteiger partial charge in [-0.05, 0) is 12.5 Å². The van der Waals surface area contributed by atoms with Crippen molar-refractivity contribution in [2.75, 3.05) is 24.5 Å². The van der Waals surface area contributed by atoms with Crippen molar-refractivity contribution in [1.29, 1.82) is 0 Å². The van der Waals surface area contributed by atoms with E-state index in [1.807, 2.05) is 11.8 Å². The topological polar surface area (TPSA) is 104 Å². The molecule has 23 heavy (non-hydrogen) atoms. The molecule has 1 unspecified atom stereocenters. The monoisotopic (exact) mass is 317 g/mol. The molecule has 0 radical (unpaired) electrons. The number of carbonyl (C=O) groups excluding carboxylic acids is 1. The molecule has 1 aliphatic rings. The summed E-state index contributed by atoms with van der Waals surface area (Å²) in [6.45, 7) is 3.07. The molecule has 122 valence electrons. The number of hydrogen-bond acceptors (Lipinski definition) is 7. The van der Waals surface area contributed by atoms with E-state index in [1.54, 1.807) is 24.5 Å². The Labute approximate surface area is 133 Å². The van der Waals surface area contributed by atoms with Gasteiger partial charge in [0.05, 0.1) is 6.54 Å². The van der Waals surface area contributed by atoms with Gasteiger partial charge in [0.15, 0.2) is 5.69 Å². The van der Waals surface area contributed by atoms with Crippen LogP contribution in [-0.4, -0.2) is 51.4 Å². The van der Waals surface area contributed by atoms with Crippen molar-refractivity contribution in [3.05, 3.63) is 36.0 Å². The minimum atomic E-state index is -1.01. The van der Waals surface area contributed by atoms with Gasteiger partial charge in [-0.3, -0.25) is 4.79 Å². The summed E-state index contributed by atoms with van der Waals surface area (Å²) in [5.41, 5.74) is -0.779. The Hall–Kier alpha value is -2.48.